The fraction of sp³-hybridized carbons (Fsp3) is 0.133. The predicted molar refractivity (Wildman–Crippen MR) is 84.3 cm³/mol. The number of hydrogen-bond acceptors (Lipinski definition) is 6. The van der Waals surface area contributed by atoms with Crippen LogP contribution in [0.25, 0.3) is 10.6 Å². The smallest absolute Gasteiger partial charge is 0.434 e. The van der Waals surface area contributed by atoms with Gasteiger partial charge in [0.1, 0.15) is 5.75 Å². The highest BCUT2D eigenvalue weighted by atomic mass is 32.1. The van der Waals surface area contributed by atoms with Gasteiger partial charge in [-0.3, -0.25) is 0 Å². The Morgan fingerprint density at radius 3 is 2.46 bits per heavy atom. The Morgan fingerprint density at radius 1 is 1.08 bits per heavy atom. The van der Waals surface area contributed by atoms with E-state index >= 15 is 0 Å². The molecule has 9 heteroatoms. The zero-order valence-electron chi connectivity index (χ0n) is 12.3. The second-order valence-electron chi connectivity index (χ2n) is 4.85. The highest BCUT2D eigenvalue weighted by molar-refractivity contribution is 7.15. The molecule has 0 aliphatic rings. The molecular formula is C15H11F3N4OS. The number of nitrogens with zero attached hydrogens (tertiary/aromatic N) is 3. The SMILES string of the molecule is Cc1nc(C(F)(F)F)c(-c2ccnc(Nc3ccc(O)cc3)n2)s1. The molecule has 0 radical (unpaired) electrons. The molecule has 3 rings (SSSR count). The summed E-state index contributed by atoms with van der Waals surface area (Å²) in [4.78, 5) is 11.7. The number of halogens is 3. The Balaban J connectivity index is 1.95. The van der Waals surface area contributed by atoms with Crippen LogP contribution in [-0.2, 0) is 6.18 Å². The Labute approximate surface area is 138 Å². The lowest BCUT2D eigenvalue weighted by Crippen LogP contribution is -2.08. The van der Waals surface area contributed by atoms with Crippen molar-refractivity contribution >= 4 is 23.0 Å². The summed E-state index contributed by atoms with van der Waals surface area (Å²) in [6, 6.07) is 7.55. The molecule has 2 heterocycles. The molecule has 2 N–H and O–H groups in total. The number of aromatic nitrogens is 3. The summed E-state index contributed by atoms with van der Waals surface area (Å²) in [6.45, 7) is 1.51. The van der Waals surface area contributed by atoms with Crippen LogP contribution in [0, 0.1) is 6.92 Å². The first kappa shape index (κ1) is 16.2. The van der Waals surface area contributed by atoms with Crippen molar-refractivity contribution in [1.29, 1.82) is 0 Å². The highest BCUT2D eigenvalue weighted by Crippen LogP contribution is 2.39. The lowest BCUT2D eigenvalue weighted by molar-refractivity contribution is -0.140. The fourth-order valence-electron chi connectivity index (χ4n) is 2.01. The third-order valence-electron chi connectivity index (χ3n) is 3.01. The number of thiazole rings is 1. The van der Waals surface area contributed by atoms with E-state index in [2.05, 4.69) is 20.3 Å². The molecule has 124 valence electrons. The van der Waals surface area contributed by atoms with Gasteiger partial charge in [-0.25, -0.2) is 15.0 Å². The minimum absolute atomic E-state index is 0.0452. The van der Waals surface area contributed by atoms with Crippen LogP contribution in [0.15, 0.2) is 36.5 Å². The Hall–Kier alpha value is -2.68. The predicted octanol–water partition coefficient (Wildman–Crippen LogP) is 4.38. The molecule has 0 atom stereocenters. The van der Waals surface area contributed by atoms with Gasteiger partial charge in [-0.05, 0) is 37.3 Å². The van der Waals surface area contributed by atoms with Crippen molar-refractivity contribution in [2.75, 3.05) is 5.32 Å². The minimum atomic E-state index is -4.55. The molecule has 24 heavy (non-hydrogen) atoms. The van der Waals surface area contributed by atoms with Crippen molar-refractivity contribution in [3.8, 4) is 16.3 Å². The van der Waals surface area contributed by atoms with Gasteiger partial charge in [0.15, 0.2) is 5.69 Å². The standard InChI is InChI=1S/C15H11F3N4OS/c1-8-20-13(15(16,17)18)12(24-8)11-6-7-19-14(22-11)21-9-2-4-10(23)5-3-9/h2-7,23H,1H3,(H,19,21,22). The van der Waals surface area contributed by atoms with Gasteiger partial charge in [0.05, 0.1) is 15.6 Å². The van der Waals surface area contributed by atoms with Crippen LogP contribution in [0.4, 0.5) is 24.8 Å². The monoisotopic (exact) mass is 352 g/mol. The average molecular weight is 352 g/mol. The van der Waals surface area contributed by atoms with E-state index in [4.69, 9.17) is 0 Å². The number of nitrogens with one attached hydrogen (secondary N) is 1. The van der Waals surface area contributed by atoms with E-state index in [1.54, 1.807) is 12.1 Å². The van der Waals surface area contributed by atoms with Gasteiger partial charge in [0.2, 0.25) is 5.95 Å². The van der Waals surface area contributed by atoms with E-state index < -0.39 is 11.9 Å². The summed E-state index contributed by atoms with van der Waals surface area (Å²) in [5, 5.41) is 12.4. The number of phenolic OH excluding ortho intramolecular Hbond substituents is 1. The molecular weight excluding hydrogens is 341 g/mol. The number of alkyl halides is 3. The molecule has 0 spiro atoms. The first-order valence-electron chi connectivity index (χ1n) is 6.77. The maximum absolute atomic E-state index is 13.1. The van der Waals surface area contributed by atoms with Crippen molar-refractivity contribution < 1.29 is 18.3 Å². The number of benzene rings is 1. The van der Waals surface area contributed by atoms with Crippen molar-refractivity contribution in [3.63, 3.8) is 0 Å². The van der Waals surface area contributed by atoms with Gasteiger partial charge in [-0.15, -0.1) is 11.3 Å². The highest BCUT2D eigenvalue weighted by Gasteiger charge is 2.37. The van der Waals surface area contributed by atoms with Crippen molar-refractivity contribution in [1.82, 2.24) is 15.0 Å². The first-order valence-corrected chi connectivity index (χ1v) is 7.58. The number of aryl methyl sites for hydroxylation is 1. The van der Waals surface area contributed by atoms with Crippen LogP contribution < -0.4 is 5.32 Å². The molecule has 0 aliphatic heterocycles. The lowest BCUT2D eigenvalue weighted by Gasteiger charge is -2.08. The van der Waals surface area contributed by atoms with Crippen molar-refractivity contribution in [3.05, 3.63) is 47.2 Å². The second kappa shape index (κ2) is 6.08. The van der Waals surface area contributed by atoms with E-state index in [0.29, 0.717) is 10.7 Å². The fourth-order valence-corrected chi connectivity index (χ4v) is 2.92. The van der Waals surface area contributed by atoms with Gasteiger partial charge in [-0.2, -0.15) is 13.2 Å². The van der Waals surface area contributed by atoms with Crippen LogP contribution in [-0.4, -0.2) is 20.1 Å². The number of aromatic hydroxyl groups is 1. The van der Waals surface area contributed by atoms with Crippen LogP contribution >= 0.6 is 11.3 Å². The Kier molecular flexibility index (Phi) is 4.10. The topological polar surface area (TPSA) is 70.9 Å². The van der Waals surface area contributed by atoms with E-state index in [0.717, 1.165) is 11.3 Å². The molecule has 3 aromatic rings. The molecule has 2 aromatic heterocycles. The van der Waals surface area contributed by atoms with Gasteiger partial charge in [-0.1, -0.05) is 0 Å². The van der Waals surface area contributed by atoms with Crippen molar-refractivity contribution in [2.24, 2.45) is 0 Å². The largest absolute Gasteiger partial charge is 0.508 e. The van der Waals surface area contributed by atoms with Crippen molar-refractivity contribution in [2.45, 2.75) is 13.1 Å². The third-order valence-corrected chi connectivity index (χ3v) is 4.01. The zero-order chi connectivity index (χ0) is 17.3. The molecule has 0 saturated heterocycles. The van der Waals surface area contributed by atoms with Crippen LogP contribution in [0.5, 0.6) is 5.75 Å². The molecule has 0 unspecified atom stereocenters. The maximum Gasteiger partial charge on any atom is 0.434 e. The van der Waals surface area contributed by atoms with E-state index in [9.17, 15) is 18.3 Å². The van der Waals surface area contributed by atoms with Crippen LogP contribution in [0.3, 0.4) is 0 Å². The number of rotatable bonds is 3. The van der Waals surface area contributed by atoms with Gasteiger partial charge in [0.25, 0.3) is 0 Å². The third kappa shape index (κ3) is 3.46. The second-order valence-corrected chi connectivity index (χ2v) is 6.05. The molecule has 1 aromatic carbocycles. The zero-order valence-corrected chi connectivity index (χ0v) is 13.1. The van der Waals surface area contributed by atoms with Gasteiger partial charge in [0, 0.05) is 11.9 Å². The maximum atomic E-state index is 13.1. The summed E-state index contributed by atoms with van der Waals surface area (Å²) >= 11 is 0.929. The van der Waals surface area contributed by atoms with E-state index in [1.807, 2.05) is 0 Å². The minimum Gasteiger partial charge on any atom is -0.508 e. The average Bonchev–Trinajstić information content (AvgIpc) is 2.92. The molecule has 0 amide bonds. The van der Waals surface area contributed by atoms with Gasteiger partial charge < -0.3 is 10.4 Å². The molecule has 0 saturated carbocycles. The quantitative estimate of drug-likeness (QED) is 0.685. The molecule has 0 fully saturated rings. The number of anilines is 2. The first-order chi connectivity index (χ1) is 11.3. The van der Waals surface area contributed by atoms with E-state index in [-0.39, 0.29) is 22.3 Å². The molecule has 5 nitrogen and oxygen atoms in total. The lowest BCUT2D eigenvalue weighted by atomic mass is 10.2. The summed E-state index contributed by atoms with van der Waals surface area (Å²) in [5.41, 5.74) is -0.204. The van der Waals surface area contributed by atoms with Crippen LogP contribution in [0.1, 0.15) is 10.7 Å². The summed E-state index contributed by atoms with van der Waals surface area (Å²) in [6.07, 6.45) is -3.17. The molecule has 0 aliphatic carbocycles. The molecule has 0 bridgehead atoms. The summed E-state index contributed by atoms with van der Waals surface area (Å²) in [5.74, 6) is 0.252. The summed E-state index contributed by atoms with van der Waals surface area (Å²) < 4.78 is 39.3. The Morgan fingerprint density at radius 2 is 1.79 bits per heavy atom. The Bertz CT molecular complexity index is 862. The van der Waals surface area contributed by atoms with E-state index in [1.165, 1.54) is 31.3 Å². The number of phenols is 1. The number of hydrogen-bond donors (Lipinski definition) is 2. The van der Waals surface area contributed by atoms with Crippen LogP contribution in [0.2, 0.25) is 0 Å². The summed E-state index contributed by atoms with van der Waals surface area (Å²) in [7, 11) is 0. The van der Waals surface area contributed by atoms with Gasteiger partial charge >= 0.3 is 6.18 Å². The normalized spacial score (nSPS) is 11.5.